The van der Waals surface area contributed by atoms with Gasteiger partial charge in [-0.1, -0.05) is 60.7 Å². The molecule has 0 bridgehead atoms. The van der Waals surface area contributed by atoms with Gasteiger partial charge in [0.05, 0.1) is 22.7 Å². The number of halogens is 1. The van der Waals surface area contributed by atoms with E-state index in [1.807, 2.05) is 55.5 Å². The van der Waals surface area contributed by atoms with Crippen LogP contribution < -0.4 is 9.62 Å². The molecule has 0 saturated heterocycles. The van der Waals surface area contributed by atoms with Gasteiger partial charge in [0, 0.05) is 9.26 Å². The first kappa shape index (κ1) is 24.0. The summed E-state index contributed by atoms with van der Waals surface area (Å²) in [6, 6.07) is 30.1. The van der Waals surface area contributed by atoms with Crippen LogP contribution in [0.5, 0.6) is 0 Å². The molecule has 7 heteroatoms. The van der Waals surface area contributed by atoms with Gasteiger partial charge in [-0.15, -0.1) is 0 Å². The summed E-state index contributed by atoms with van der Waals surface area (Å²) in [5.41, 5.74) is 3.01. The van der Waals surface area contributed by atoms with Crippen LogP contribution >= 0.6 is 22.6 Å². The molecule has 4 aromatic carbocycles. The summed E-state index contributed by atoms with van der Waals surface area (Å²) in [5.74, 6) is -0.374. The minimum atomic E-state index is -3.94. The summed E-state index contributed by atoms with van der Waals surface area (Å²) < 4.78 is 29.9. The number of aryl methyl sites for hydroxylation is 1. The molecular formula is C27H23IN2O3S. The molecule has 1 amide bonds. The second kappa shape index (κ2) is 10.4. The molecule has 0 unspecified atom stereocenters. The molecule has 0 aliphatic rings. The summed E-state index contributed by atoms with van der Waals surface area (Å²) in [6.07, 6.45) is 0. The topological polar surface area (TPSA) is 66.5 Å². The van der Waals surface area contributed by atoms with Gasteiger partial charge in [0.2, 0.25) is 0 Å². The molecule has 34 heavy (non-hydrogen) atoms. The molecule has 0 atom stereocenters. The van der Waals surface area contributed by atoms with Gasteiger partial charge in [-0.2, -0.15) is 0 Å². The van der Waals surface area contributed by atoms with E-state index in [4.69, 9.17) is 0 Å². The van der Waals surface area contributed by atoms with Crippen molar-refractivity contribution in [1.82, 2.24) is 0 Å². The largest absolute Gasteiger partial charge is 0.322 e. The molecular weight excluding hydrogens is 559 g/mol. The van der Waals surface area contributed by atoms with E-state index in [-0.39, 0.29) is 22.9 Å². The Hall–Kier alpha value is -3.17. The number of anilines is 2. The standard InChI is InChI=1S/C27H23IN2O3S/c1-20-18-22(28)16-17-25(20)29-27(31)24-14-8-9-15-26(24)30(19-21-10-4-2-5-11-21)34(32,33)23-12-6-3-7-13-23/h2-18H,19H2,1H3,(H,29,31). The first-order chi connectivity index (χ1) is 16.4. The lowest BCUT2D eigenvalue weighted by molar-refractivity contribution is 0.102. The minimum Gasteiger partial charge on any atom is -0.322 e. The number of rotatable bonds is 7. The predicted molar refractivity (Wildman–Crippen MR) is 145 cm³/mol. The fourth-order valence-corrected chi connectivity index (χ4v) is 5.75. The third kappa shape index (κ3) is 5.31. The Morgan fingerprint density at radius 3 is 2.15 bits per heavy atom. The van der Waals surface area contributed by atoms with Crippen LogP contribution in [-0.4, -0.2) is 14.3 Å². The monoisotopic (exact) mass is 582 g/mol. The maximum Gasteiger partial charge on any atom is 0.264 e. The van der Waals surface area contributed by atoms with Crippen LogP contribution in [0.2, 0.25) is 0 Å². The van der Waals surface area contributed by atoms with Gasteiger partial charge in [0.25, 0.3) is 15.9 Å². The fraction of sp³-hybridized carbons (Fsp3) is 0.0741. The number of nitrogens with one attached hydrogen (secondary N) is 1. The molecule has 1 N–H and O–H groups in total. The number of hydrogen-bond acceptors (Lipinski definition) is 3. The smallest absolute Gasteiger partial charge is 0.264 e. The molecule has 0 radical (unpaired) electrons. The van der Waals surface area contributed by atoms with Crippen LogP contribution in [-0.2, 0) is 16.6 Å². The van der Waals surface area contributed by atoms with Crippen molar-refractivity contribution < 1.29 is 13.2 Å². The van der Waals surface area contributed by atoms with Crippen LogP contribution in [0.4, 0.5) is 11.4 Å². The summed E-state index contributed by atoms with van der Waals surface area (Å²) in [7, 11) is -3.94. The molecule has 0 heterocycles. The summed E-state index contributed by atoms with van der Waals surface area (Å²) in [6.45, 7) is 2.01. The lowest BCUT2D eigenvalue weighted by atomic mass is 10.1. The molecule has 0 fully saturated rings. The highest BCUT2D eigenvalue weighted by Gasteiger charge is 2.28. The average molecular weight is 582 g/mol. The molecule has 0 spiro atoms. The van der Waals surface area contributed by atoms with Crippen molar-refractivity contribution in [2.75, 3.05) is 9.62 Å². The van der Waals surface area contributed by atoms with E-state index >= 15 is 0 Å². The van der Waals surface area contributed by atoms with Crippen LogP contribution in [0.1, 0.15) is 21.5 Å². The molecule has 5 nitrogen and oxygen atoms in total. The number of nitrogens with zero attached hydrogens (tertiary/aromatic N) is 1. The minimum absolute atomic E-state index is 0.0882. The SMILES string of the molecule is Cc1cc(I)ccc1NC(=O)c1ccccc1N(Cc1ccccc1)S(=O)(=O)c1ccccc1. The predicted octanol–water partition coefficient (Wildman–Crippen LogP) is 6.25. The van der Waals surface area contributed by atoms with Gasteiger partial charge >= 0.3 is 0 Å². The summed E-state index contributed by atoms with van der Waals surface area (Å²) in [4.78, 5) is 13.5. The molecule has 0 aromatic heterocycles. The molecule has 4 aromatic rings. The zero-order valence-corrected chi connectivity index (χ0v) is 21.5. The first-order valence-electron chi connectivity index (χ1n) is 10.6. The fourth-order valence-electron chi connectivity index (χ4n) is 3.61. The maximum atomic E-state index is 13.8. The van der Waals surface area contributed by atoms with Gasteiger partial charge in [-0.25, -0.2) is 8.42 Å². The Morgan fingerprint density at radius 1 is 0.853 bits per heavy atom. The maximum absolute atomic E-state index is 13.8. The van der Waals surface area contributed by atoms with Crippen molar-refractivity contribution in [2.24, 2.45) is 0 Å². The van der Waals surface area contributed by atoms with Gasteiger partial charge in [-0.05, 0) is 83.1 Å². The van der Waals surface area contributed by atoms with E-state index < -0.39 is 10.0 Å². The van der Waals surface area contributed by atoms with Crippen LogP contribution in [0.15, 0.2) is 108 Å². The molecule has 172 valence electrons. The molecule has 0 aliphatic heterocycles. The van der Waals surface area contributed by atoms with Crippen LogP contribution in [0.25, 0.3) is 0 Å². The number of sulfonamides is 1. The molecule has 0 aliphatic carbocycles. The van der Waals surface area contributed by atoms with Crippen molar-refractivity contribution in [1.29, 1.82) is 0 Å². The highest BCUT2D eigenvalue weighted by molar-refractivity contribution is 14.1. The van der Waals surface area contributed by atoms with Crippen LogP contribution in [0, 0.1) is 10.5 Å². The quantitative estimate of drug-likeness (QED) is 0.262. The Bertz CT molecular complexity index is 1410. The summed E-state index contributed by atoms with van der Waals surface area (Å²) in [5, 5.41) is 2.94. The van der Waals surface area contributed by atoms with Crippen LogP contribution in [0.3, 0.4) is 0 Å². The van der Waals surface area contributed by atoms with Crippen molar-refractivity contribution in [3.8, 4) is 0 Å². The van der Waals surface area contributed by atoms with Gasteiger partial charge in [-0.3, -0.25) is 9.10 Å². The van der Waals surface area contributed by atoms with Crippen molar-refractivity contribution in [2.45, 2.75) is 18.4 Å². The molecule has 0 saturated carbocycles. The van der Waals surface area contributed by atoms with Gasteiger partial charge < -0.3 is 5.32 Å². The van der Waals surface area contributed by atoms with E-state index in [0.29, 0.717) is 11.4 Å². The third-order valence-electron chi connectivity index (χ3n) is 5.35. The Kier molecular flexibility index (Phi) is 7.33. The number of para-hydroxylation sites is 1. The number of hydrogen-bond donors (Lipinski definition) is 1. The number of carbonyl (C=O) groups excluding carboxylic acids is 1. The van der Waals surface area contributed by atoms with E-state index in [0.717, 1.165) is 14.7 Å². The zero-order chi connectivity index (χ0) is 24.1. The molecule has 4 rings (SSSR count). The van der Waals surface area contributed by atoms with Gasteiger partial charge in [0.15, 0.2) is 0 Å². The zero-order valence-electron chi connectivity index (χ0n) is 18.5. The van der Waals surface area contributed by atoms with E-state index in [1.165, 1.54) is 4.31 Å². The third-order valence-corrected chi connectivity index (χ3v) is 7.80. The van der Waals surface area contributed by atoms with Crippen molar-refractivity contribution in [3.63, 3.8) is 0 Å². The van der Waals surface area contributed by atoms with Crippen molar-refractivity contribution in [3.05, 3.63) is 123 Å². The van der Waals surface area contributed by atoms with E-state index in [9.17, 15) is 13.2 Å². The second-order valence-electron chi connectivity index (χ2n) is 7.74. The lowest BCUT2D eigenvalue weighted by Crippen LogP contribution is -2.32. The Morgan fingerprint density at radius 2 is 1.47 bits per heavy atom. The second-order valence-corrected chi connectivity index (χ2v) is 10.8. The number of benzene rings is 4. The van der Waals surface area contributed by atoms with E-state index in [1.54, 1.807) is 54.6 Å². The normalized spacial score (nSPS) is 11.1. The Balaban J connectivity index is 1.78. The summed E-state index contributed by atoms with van der Waals surface area (Å²) >= 11 is 2.22. The Labute approximate surface area is 213 Å². The first-order valence-corrected chi connectivity index (χ1v) is 13.2. The average Bonchev–Trinajstić information content (AvgIpc) is 2.85. The van der Waals surface area contributed by atoms with E-state index in [2.05, 4.69) is 27.9 Å². The highest BCUT2D eigenvalue weighted by atomic mass is 127. The number of carbonyl (C=O) groups is 1. The van der Waals surface area contributed by atoms with Gasteiger partial charge in [0.1, 0.15) is 0 Å². The lowest BCUT2D eigenvalue weighted by Gasteiger charge is -2.26. The number of amides is 1. The highest BCUT2D eigenvalue weighted by Crippen LogP contribution is 2.30. The van der Waals surface area contributed by atoms with Crippen molar-refractivity contribution >= 4 is 49.9 Å².